The molecular weight excluding hydrogens is 266 g/mol. The summed E-state index contributed by atoms with van der Waals surface area (Å²) in [6.07, 6.45) is 5.74. The molecule has 0 rings (SSSR count). The van der Waals surface area contributed by atoms with Crippen LogP contribution in [0.25, 0.3) is 0 Å². The quantitative estimate of drug-likeness (QED) is 0.475. The molecule has 0 aromatic heterocycles. The van der Waals surface area contributed by atoms with E-state index in [1.165, 1.54) is 36.3 Å². The molecule has 0 aromatic rings. The molecule has 68 valence electrons. The van der Waals surface area contributed by atoms with E-state index in [1.807, 2.05) is 0 Å². The van der Waals surface area contributed by atoms with Gasteiger partial charge in [0.15, 0.2) is 0 Å². The molecule has 0 saturated heterocycles. The summed E-state index contributed by atoms with van der Waals surface area (Å²) in [5, 5.41) is 3.08. The molecule has 0 amide bonds. The second-order valence-corrected chi connectivity index (χ2v) is 9.13. The molecule has 0 aromatic carbocycles. The van der Waals surface area contributed by atoms with E-state index in [0.29, 0.717) is 0 Å². The second kappa shape index (κ2) is 11.0. The van der Waals surface area contributed by atoms with Gasteiger partial charge in [0.25, 0.3) is 0 Å². The molecule has 0 saturated carbocycles. The van der Waals surface area contributed by atoms with Crippen LogP contribution in [0.4, 0.5) is 0 Å². The van der Waals surface area contributed by atoms with Crippen molar-refractivity contribution in [1.82, 2.24) is 0 Å². The van der Waals surface area contributed by atoms with Crippen molar-refractivity contribution >= 4 is 29.9 Å². The Kier molecular flexibility index (Phi) is 12.1. The number of rotatable bonds is 8. The Bertz CT molecular complexity index is 56.6. The van der Waals surface area contributed by atoms with E-state index < -0.39 is 0 Å². The van der Waals surface area contributed by atoms with Crippen LogP contribution in [0.2, 0.25) is 14.9 Å². The third-order valence-corrected chi connectivity index (χ3v) is 8.21. The molecule has 0 atom stereocenters. The van der Waals surface area contributed by atoms with Gasteiger partial charge in [-0.25, -0.2) is 0 Å². The SMILES string of the molecule is CCCC[Se]C[Se]CCCC. The van der Waals surface area contributed by atoms with Gasteiger partial charge in [0.05, 0.1) is 0 Å². The molecule has 0 spiro atoms. The van der Waals surface area contributed by atoms with Gasteiger partial charge >= 0.3 is 84.3 Å². The van der Waals surface area contributed by atoms with Crippen molar-refractivity contribution in [3.8, 4) is 0 Å². The van der Waals surface area contributed by atoms with Crippen molar-refractivity contribution in [3.05, 3.63) is 0 Å². The molecule has 0 heterocycles. The Labute approximate surface area is 84.2 Å². The van der Waals surface area contributed by atoms with Gasteiger partial charge in [0, 0.05) is 0 Å². The predicted octanol–water partition coefficient (Wildman–Crippen LogP) is 3.21. The fraction of sp³-hybridized carbons (Fsp3) is 1.00. The summed E-state index contributed by atoms with van der Waals surface area (Å²) in [5.74, 6) is 0. The van der Waals surface area contributed by atoms with E-state index in [4.69, 9.17) is 0 Å². The summed E-state index contributed by atoms with van der Waals surface area (Å²) in [4.78, 5) is 0. The summed E-state index contributed by atoms with van der Waals surface area (Å²) < 4.78 is 1.60. The van der Waals surface area contributed by atoms with Crippen molar-refractivity contribution in [2.45, 2.75) is 54.4 Å². The Morgan fingerprint density at radius 1 is 0.818 bits per heavy atom. The fourth-order valence-corrected chi connectivity index (χ4v) is 7.33. The van der Waals surface area contributed by atoms with Gasteiger partial charge in [-0.15, -0.1) is 0 Å². The van der Waals surface area contributed by atoms with Gasteiger partial charge in [-0.2, -0.15) is 0 Å². The minimum atomic E-state index is 1.00. The maximum absolute atomic E-state index is 2.29. The zero-order valence-electron chi connectivity index (χ0n) is 7.77. The van der Waals surface area contributed by atoms with Crippen LogP contribution in [0.3, 0.4) is 0 Å². The summed E-state index contributed by atoms with van der Waals surface area (Å²) in [7, 11) is 0. The van der Waals surface area contributed by atoms with Gasteiger partial charge in [-0.3, -0.25) is 0 Å². The molecule has 0 aliphatic rings. The average Bonchev–Trinajstić information content (AvgIpc) is 2.03. The second-order valence-electron chi connectivity index (χ2n) is 2.64. The third-order valence-electron chi connectivity index (χ3n) is 1.45. The Hall–Kier alpha value is 1.04. The van der Waals surface area contributed by atoms with Crippen molar-refractivity contribution < 1.29 is 0 Å². The summed E-state index contributed by atoms with van der Waals surface area (Å²) >= 11 is 2.01. The number of hydrogen-bond donors (Lipinski definition) is 0. The molecule has 0 N–H and O–H groups in total. The van der Waals surface area contributed by atoms with Crippen LogP contribution in [0.15, 0.2) is 0 Å². The predicted molar refractivity (Wildman–Crippen MR) is 55.7 cm³/mol. The summed E-state index contributed by atoms with van der Waals surface area (Å²) in [5.41, 5.74) is 0. The van der Waals surface area contributed by atoms with Gasteiger partial charge in [0.1, 0.15) is 0 Å². The first-order valence-electron chi connectivity index (χ1n) is 4.57. The minimum absolute atomic E-state index is 1.00. The molecular formula is C9H20Se2. The molecule has 0 nitrogen and oxygen atoms in total. The fourth-order valence-electron chi connectivity index (χ4n) is 0.670. The average molecular weight is 286 g/mol. The molecule has 0 bridgehead atoms. The van der Waals surface area contributed by atoms with Gasteiger partial charge in [0.2, 0.25) is 0 Å². The normalized spacial score (nSPS) is 10.4. The van der Waals surface area contributed by atoms with Crippen molar-refractivity contribution in [2.75, 3.05) is 0 Å². The monoisotopic (exact) mass is 288 g/mol. The first-order chi connectivity index (χ1) is 5.41. The van der Waals surface area contributed by atoms with Crippen molar-refractivity contribution in [1.29, 1.82) is 0 Å². The first kappa shape index (κ1) is 12.0. The summed E-state index contributed by atoms with van der Waals surface area (Å²) in [6.45, 7) is 4.58. The van der Waals surface area contributed by atoms with Crippen LogP contribution in [0, 0.1) is 0 Å². The van der Waals surface area contributed by atoms with E-state index in [9.17, 15) is 0 Å². The topological polar surface area (TPSA) is 0 Å². The van der Waals surface area contributed by atoms with Crippen LogP contribution in [0.1, 0.15) is 39.5 Å². The Morgan fingerprint density at radius 2 is 1.27 bits per heavy atom. The third kappa shape index (κ3) is 11.0. The van der Waals surface area contributed by atoms with Gasteiger partial charge in [-0.1, -0.05) is 0 Å². The molecule has 0 aliphatic heterocycles. The Balaban J connectivity index is 2.69. The molecule has 0 unspecified atom stereocenters. The first-order valence-corrected chi connectivity index (χ1v) is 9.41. The zero-order chi connectivity index (χ0) is 8.36. The van der Waals surface area contributed by atoms with E-state index in [1.54, 1.807) is 4.22 Å². The van der Waals surface area contributed by atoms with E-state index in [-0.39, 0.29) is 0 Å². The summed E-state index contributed by atoms with van der Waals surface area (Å²) in [6, 6.07) is 0. The number of unbranched alkanes of at least 4 members (excludes halogenated alkanes) is 2. The molecule has 0 aliphatic carbocycles. The van der Waals surface area contributed by atoms with Crippen LogP contribution < -0.4 is 0 Å². The van der Waals surface area contributed by atoms with E-state index >= 15 is 0 Å². The zero-order valence-corrected chi connectivity index (χ0v) is 11.2. The molecule has 0 fully saturated rings. The van der Waals surface area contributed by atoms with Gasteiger partial charge in [-0.05, 0) is 0 Å². The van der Waals surface area contributed by atoms with Crippen LogP contribution in [-0.4, -0.2) is 29.9 Å². The molecule has 0 radical (unpaired) electrons. The van der Waals surface area contributed by atoms with Gasteiger partial charge < -0.3 is 0 Å². The van der Waals surface area contributed by atoms with Crippen LogP contribution in [0.5, 0.6) is 0 Å². The van der Waals surface area contributed by atoms with E-state index in [0.717, 1.165) is 29.9 Å². The molecule has 2 heteroatoms. The van der Waals surface area contributed by atoms with Crippen LogP contribution in [-0.2, 0) is 0 Å². The Morgan fingerprint density at radius 3 is 1.64 bits per heavy atom. The molecule has 11 heavy (non-hydrogen) atoms. The maximum atomic E-state index is 2.29. The van der Waals surface area contributed by atoms with Crippen LogP contribution >= 0.6 is 0 Å². The van der Waals surface area contributed by atoms with Crippen molar-refractivity contribution in [3.63, 3.8) is 0 Å². The van der Waals surface area contributed by atoms with Crippen molar-refractivity contribution in [2.24, 2.45) is 0 Å². The standard InChI is InChI=1S/C9H20Se2/c1-3-5-7-10-9-11-8-6-4-2/h3-9H2,1-2H3. The number of hydrogen-bond acceptors (Lipinski definition) is 0. The van der Waals surface area contributed by atoms with E-state index in [2.05, 4.69) is 13.8 Å².